The number of carboxylic acid groups (broad SMARTS) is 2. The quantitative estimate of drug-likeness (QED) is 0.475. The Balaban J connectivity index is 0.000000534. The summed E-state index contributed by atoms with van der Waals surface area (Å²) >= 11 is 1.79. The van der Waals surface area contributed by atoms with Gasteiger partial charge >= 0.3 is 11.9 Å². The van der Waals surface area contributed by atoms with Crippen molar-refractivity contribution in [1.29, 1.82) is 0 Å². The Labute approximate surface area is 192 Å². The summed E-state index contributed by atoms with van der Waals surface area (Å²) in [6.07, 6.45) is 2.12. The van der Waals surface area contributed by atoms with Gasteiger partial charge in [-0.1, -0.05) is 24.3 Å². The number of thioether (sulfide) groups is 1. The summed E-state index contributed by atoms with van der Waals surface area (Å²) in [6.45, 7) is 6.27. The van der Waals surface area contributed by atoms with Gasteiger partial charge in [-0.3, -0.25) is 9.80 Å². The lowest BCUT2D eigenvalue weighted by molar-refractivity contribution is -0.159. The number of methoxy groups -OCH3 is 2. The number of rotatable bonds is 7. The largest absolute Gasteiger partial charge is 0.493 e. The molecule has 8 nitrogen and oxygen atoms in total. The first kappa shape index (κ1) is 25.5. The summed E-state index contributed by atoms with van der Waals surface area (Å²) in [5.74, 6) is -1.99. The predicted molar refractivity (Wildman–Crippen MR) is 124 cm³/mol. The Morgan fingerprint density at radius 2 is 1.44 bits per heavy atom. The molecule has 0 aliphatic carbocycles. The van der Waals surface area contributed by atoms with E-state index in [2.05, 4.69) is 46.4 Å². The number of benzene rings is 2. The number of piperazine rings is 1. The van der Waals surface area contributed by atoms with Crippen LogP contribution >= 0.6 is 11.8 Å². The number of nitrogens with zero attached hydrogens (tertiary/aromatic N) is 2. The van der Waals surface area contributed by atoms with Crippen molar-refractivity contribution in [3.8, 4) is 11.5 Å². The van der Waals surface area contributed by atoms with Gasteiger partial charge in [-0.2, -0.15) is 0 Å². The lowest BCUT2D eigenvalue weighted by atomic mass is 10.1. The molecule has 1 aliphatic heterocycles. The zero-order valence-corrected chi connectivity index (χ0v) is 19.4. The summed E-state index contributed by atoms with van der Waals surface area (Å²) in [7, 11) is 3.40. The van der Waals surface area contributed by atoms with Gasteiger partial charge in [0, 0.05) is 49.7 Å². The van der Waals surface area contributed by atoms with E-state index < -0.39 is 11.9 Å². The highest BCUT2D eigenvalue weighted by atomic mass is 32.2. The van der Waals surface area contributed by atoms with Crippen LogP contribution in [0.4, 0.5) is 0 Å². The van der Waals surface area contributed by atoms with E-state index in [4.69, 9.17) is 29.3 Å². The van der Waals surface area contributed by atoms with Gasteiger partial charge < -0.3 is 19.7 Å². The first-order valence-electron chi connectivity index (χ1n) is 10.1. The predicted octanol–water partition coefficient (Wildman–Crippen LogP) is 2.90. The molecule has 1 aliphatic rings. The number of aliphatic carboxylic acids is 2. The van der Waals surface area contributed by atoms with Crippen LogP contribution in [-0.2, 0) is 22.7 Å². The maximum atomic E-state index is 9.10. The monoisotopic (exact) mass is 462 g/mol. The minimum Gasteiger partial charge on any atom is -0.493 e. The Morgan fingerprint density at radius 1 is 0.875 bits per heavy atom. The molecule has 1 saturated heterocycles. The van der Waals surface area contributed by atoms with Crippen LogP contribution in [-0.4, -0.2) is 78.6 Å². The third kappa shape index (κ3) is 7.74. The molecule has 0 atom stereocenters. The van der Waals surface area contributed by atoms with E-state index in [0.29, 0.717) is 0 Å². The topological polar surface area (TPSA) is 99.5 Å². The molecule has 9 heteroatoms. The summed E-state index contributed by atoms with van der Waals surface area (Å²) < 4.78 is 11.0. The van der Waals surface area contributed by atoms with Crippen LogP contribution in [0.1, 0.15) is 11.1 Å². The smallest absolute Gasteiger partial charge is 0.414 e. The number of hydrogen-bond donors (Lipinski definition) is 2. The number of para-hydroxylation sites is 1. The second kappa shape index (κ2) is 12.9. The number of ether oxygens (including phenoxy) is 2. The van der Waals surface area contributed by atoms with Crippen LogP contribution < -0.4 is 9.47 Å². The lowest BCUT2D eigenvalue weighted by Gasteiger charge is -2.35. The van der Waals surface area contributed by atoms with E-state index >= 15 is 0 Å². The summed E-state index contributed by atoms with van der Waals surface area (Å²) in [5, 5.41) is 14.8. The second-order valence-electron chi connectivity index (χ2n) is 7.16. The highest BCUT2D eigenvalue weighted by Crippen LogP contribution is 2.31. The molecule has 0 saturated carbocycles. The van der Waals surface area contributed by atoms with Gasteiger partial charge in [0.05, 0.1) is 14.2 Å². The molecular weight excluding hydrogens is 432 g/mol. The van der Waals surface area contributed by atoms with E-state index in [1.54, 1.807) is 26.0 Å². The van der Waals surface area contributed by atoms with E-state index in [0.717, 1.165) is 50.8 Å². The summed E-state index contributed by atoms with van der Waals surface area (Å²) in [4.78, 5) is 24.5. The normalized spacial score (nSPS) is 14.2. The van der Waals surface area contributed by atoms with Gasteiger partial charge in [0.2, 0.25) is 0 Å². The average molecular weight is 463 g/mol. The van der Waals surface area contributed by atoms with Crippen molar-refractivity contribution in [1.82, 2.24) is 9.80 Å². The Morgan fingerprint density at radius 3 is 1.91 bits per heavy atom. The van der Waals surface area contributed by atoms with Gasteiger partial charge in [-0.15, -0.1) is 11.8 Å². The third-order valence-corrected chi connectivity index (χ3v) is 5.84. The van der Waals surface area contributed by atoms with Crippen molar-refractivity contribution >= 4 is 23.7 Å². The molecule has 174 valence electrons. The Kier molecular flexibility index (Phi) is 10.3. The molecule has 0 unspecified atom stereocenters. The van der Waals surface area contributed by atoms with Gasteiger partial charge in [0.15, 0.2) is 11.5 Å². The zero-order chi connectivity index (χ0) is 23.5. The van der Waals surface area contributed by atoms with Crippen LogP contribution in [0.2, 0.25) is 0 Å². The fourth-order valence-electron chi connectivity index (χ4n) is 3.41. The Hall–Kier alpha value is -2.75. The standard InChI is InChI=1S/C21H28N2O2S.C2H2O4/c1-24-20-6-4-5-18(21(20)25-2)16-23-13-11-22(12-14-23)15-17-7-9-19(26-3)10-8-17;3-1(4)2(5)6/h4-10H,11-16H2,1-3H3;(H,3,4)(H,5,6). The van der Waals surface area contributed by atoms with E-state index in [1.807, 2.05) is 12.1 Å². The van der Waals surface area contributed by atoms with Crippen LogP contribution in [0.15, 0.2) is 47.4 Å². The maximum Gasteiger partial charge on any atom is 0.414 e. The van der Waals surface area contributed by atoms with Crippen molar-refractivity contribution in [3.05, 3.63) is 53.6 Å². The summed E-state index contributed by atoms with van der Waals surface area (Å²) in [5.41, 5.74) is 2.58. The zero-order valence-electron chi connectivity index (χ0n) is 18.6. The lowest BCUT2D eigenvalue weighted by Crippen LogP contribution is -2.45. The van der Waals surface area contributed by atoms with Crippen molar-refractivity contribution in [2.45, 2.75) is 18.0 Å². The molecule has 1 fully saturated rings. The first-order chi connectivity index (χ1) is 15.4. The molecule has 0 bridgehead atoms. The molecule has 0 spiro atoms. The van der Waals surface area contributed by atoms with Crippen molar-refractivity contribution in [2.24, 2.45) is 0 Å². The number of carbonyl (C=O) groups is 2. The SMILES string of the molecule is COc1cccc(CN2CCN(Cc3ccc(SC)cc3)CC2)c1OC.O=C(O)C(=O)O. The highest BCUT2D eigenvalue weighted by Gasteiger charge is 2.19. The minimum atomic E-state index is -1.82. The van der Waals surface area contributed by atoms with Crippen LogP contribution in [0.5, 0.6) is 11.5 Å². The molecule has 2 N–H and O–H groups in total. The fourth-order valence-corrected chi connectivity index (χ4v) is 3.82. The molecule has 0 radical (unpaired) electrons. The molecule has 1 heterocycles. The summed E-state index contributed by atoms with van der Waals surface area (Å²) in [6, 6.07) is 15.0. The number of carboxylic acids is 2. The Bertz CT molecular complexity index is 871. The number of hydrogen-bond acceptors (Lipinski definition) is 7. The molecular formula is C23H30N2O6S. The highest BCUT2D eigenvalue weighted by molar-refractivity contribution is 7.98. The fraction of sp³-hybridized carbons (Fsp3) is 0.391. The van der Waals surface area contributed by atoms with Crippen molar-refractivity contribution < 1.29 is 29.3 Å². The second-order valence-corrected chi connectivity index (χ2v) is 8.04. The van der Waals surface area contributed by atoms with Gasteiger partial charge in [-0.05, 0) is 30.0 Å². The van der Waals surface area contributed by atoms with Crippen LogP contribution in [0.25, 0.3) is 0 Å². The van der Waals surface area contributed by atoms with Crippen LogP contribution in [0, 0.1) is 0 Å². The third-order valence-electron chi connectivity index (χ3n) is 5.09. The van der Waals surface area contributed by atoms with Gasteiger partial charge in [0.1, 0.15) is 0 Å². The van der Waals surface area contributed by atoms with Crippen molar-refractivity contribution in [3.63, 3.8) is 0 Å². The van der Waals surface area contributed by atoms with Crippen molar-refractivity contribution in [2.75, 3.05) is 46.7 Å². The van der Waals surface area contributed by atoms with E-state index in [9.17, 15) is 0 Å². The average Bonchev–Trinajstić information content (AvgIpc) is 2.81. The molecule has 2 aromatic carbocycles. The van der Waals surface area contributed by atoms with Crippen LogP contribution in [0.3, 0.4) is 0 Å². The molecule has 0 amide bonds. The minimum absolute atomic E-state index is 0.803. The van der Waals surface area contributed by atoms with Gasteiger partial charge in [-0.25, -0.2) is 9.59 Å². The van der Waals surface area contributed by atoms with E-state index in [-0.39, 0.29) is 0 Å². The molecule has 32 heavy (non-hydrogen) atoms. The maximum absolute atomic E-state index is 9.10. The van der Waals surface area contributed by atoms with Gasteiger partial charge in [0.25, 0.3) is 0 Å². The molecule has 2 aromatic rings. The van der Waals surface area contributed by atoms with E-state index in [1.165, 1.54) is 16.0 Å². The first-order valence-corrected chi connectivity index (χ1v) is 11.3. The molecule has 3 rings (SSSR count). The molecule has 0 aromatic heterocycles.